The number of amidine groups is 1. The minimum atomic E-state index is -0.387. The number of benzene rings is 1. The number of fused-ring (bicyclic) bond motifs is 3. The van der Waals surface area contributed by atoms with Crippen molar-refractivity contribution < 1.29 is 19.4 Å². The lowest BCUT2D eigenvalue weighted by molar-refractivity contribution is -0.122. The van der Waals surface area contributed by atoms with E-state index >= 15 is 0 Å². The van der Waals surface area contributed by atoms with Gasteiger partial charge in [-0.05, 0) is 60.9 Å². The molecular formula is C22H26N4O4. The Labute approximate surface area is 175 Å². The Morgan fingerprint density at radius 3 is 2.60 bits per heavy atom. The number of nitrogens with zero attached hydrogens (tertiary/aromatic N) is 3. The summed E-state index contributed by atoms with van der Waals surface area (Å²) in [7, 11) is 1.81. The molecule has 158 valence electrons. The zero-order chi connectivity index (χ0) is 21.2. The van der Waals surface area contributed by atoms with Crippen LogP contribution in [-0.2, 0) is 26.2 Å². The van der Waals surface area contributed by atoms with Gasteiger partial charge in [0, 0.05) is 18.1 Å². The fourth-order valence-corrected chi connectivity index (χ4v) is 5.36. The average molecular weight is 410 g/mol. The molecule has 1 unspecified atom stereocenters. The molecule has 1 aromatic carbocycles. The molecule has 2 aromatic rings. The lowest BCUT2D eigenvalue weighted by atomic mass is 9.62. The van der Waals surface area contributed by atoms with Gasteiger partial charge >= 0.3 is 0 Å². The number of rotatable bonds is 2. The molecule has 0 saturated heterocycles. The van der Waals surface area contributed by atoms with Gasteiger partial charge in [-0.2, -0.15) is 10.2 Å². The predicted octanol–water partition coefficient (Wildman–Crippen LogP) is 2.52. The van der Waals surface area contributed by atoms with E-state index in [1.165, 1.54) is 11.1 Å². The van der Waals surface area contributed by atoms with Crippen LogP contribution in [0, 0.1) is 5.41 Å². The third-order valence-corrected chi connectivity index (χ3v) is 6.83. The number of hydrogen-bond acceptors (Lipinski definition) is 7. The van der Waals surface area contributed by atoms with Crippen molar-refractivity contribution in [2.45, 2.75) is 43.7 Å². The first-order valence-electron chi connectivity index (χ1n) is 10.1. The maximum absolute atomic E-state index is 8.36. The summed E-state index contributed by atoms with van der Waals surface area (Å²) in [6.45, 7) is 0.279. The molecule has 2 heterocycles. The summed E-state index contributed by atoms with van der Waals surface area (Å²) in [5.41, 5.74) is 10.5. The number of aliphatic imine (C=N–C) groups is 1. The van der Waals surface area contributed by atoms with Crippen molar-refractivity contribution in [1.82, 2.24) is 10.2 Å². The molecule has 3 N–H and O–H groups in total. The molecule has 2 aliphatic carbocycles. The van der Waals surface area contributed by atoms with E-state index in [1.807, 2.05) is 13.2 Å². The maximum Gasteiger partial charge on any atom is 0.290 e. The van der Waals surface area contributed by atoms with Gasteiger partial charge in [0.25, 0.3) is 12.5 Å². The molecule has 1 atom stereocenters. The Balaban J connectivity index is 0.000000687. The van der Waals surface area contributed by atoms with E-state index in [1.54, 1.807) is 12.4 Å². The van der Waals surface area contributed by atoms with Crippen molar-refractivity contribution in [1.29, 1.82) is 0 Å². The summed E-state index contributed by atoms with van der Waals surface area (Å²) in [4.78, 5) is 13.3. The van der Waals surface area contributed by atoms with Crippen LogP contribution in [0.1, 0.15) is 36.8 Å². The van der Waals surface area contributed by atoms with E-state index in [9.17, 15) is 0 Å². The highest BCUT2D eigenvalue weighted by atomic mass is 16.5. The lowest BCUT2D eigenvalue weighted by Gasteiger charge is -2.45. The minimum Gasteiger partial charge on any atom is -0.483 e. The Hall–Kier alpha value is -3.00. The number of carbonyl (C=O) groups is 1. The van der Waals surface area contributed by atoms with Crippen LogP contribution in [0.3, 0.4) is 0 Å². The van der Waals surface area contributed by atoms with E-state index in [4.69, 9.17) is 30.1 Å². The fraction of sp³-hybridized carbons (Fsp3) is 0.455. The molecule has 0 radical (unpaired) electrons. The molecule has 3 aliphatic rings. The number of nitrogens with two attached hydrogens (primary N) is 1. The van der Waals surface area contributed by atoms with E-state index < -0.39 is 0 Å². The molecule has 1 aromatic heterocycles. The van der Waals surface area contributed by atoms with E-state index in [0.717, 1.165) is 43.2 Å². The number of methoxy groups -OCH3 is 1. The SMILES string of the molecule is CO[C@H]1CC[C@]2(CC1)Cc1ccc(-c3ccnnc3)cc1C21COC(N)=N1.O=CO. The smallest absolute Gasteiger partial charge is 0.290 e. The third kappa shape index (κ3) is 3.21. The van der Waals surface area contributed by atoms with Gasteiger partial charge in [0.05, 0.1) is 18.5 Å². The largest absolute Gasteiger partial charge is 0.483 e. The van der Waals surface area contributed by atoms with Gasteiger partial charge in [-0.1, -0.05) is 12.1 Å². The molecule has 5 rings (SSSR count). The van der Waals surface area contributed by atoms with Gasteiger partial charge in [-0.3, -0.25) is 4.79 Å². The van der Waals surface area contributed by atoms with Crippen molar-refractivity contribution in [2.24, 2.45) is 16.1 Å². The minimum absolute atomic E-state index is 0.0562. The maximum atomic E-state index is 8.36. The van der Waals surface area contributed by atoms with Gasteiger partial charge in [-0.15, -0.1) is 0 Å². The van der Waals surface area contributed by atoms with Crippen LogP contribution in [-0.4, -0.2) is 47.6 Å². The molecule has 8 heteroatoms. The van der Waals surface area contributed by atoms with Crippen LogP contribution in [0.5, 0.6) is 0 Å². The zero-order valence-corrected chi connectivity index (χ0v) is 17.0. The van der Waals surface area contributed by atoms with Crippen LogP contribution < -0.4 is 5.73 Å². The molecule has 1 fully saturated rings. The predicted molar refractivity (Wildman–Crippen MR) is 111 cm³/mol. The summed E-state index contributed by atoms with van der Waals surface area (Å²) in [5, 5.41) is 14.8. The van der Waals surface area contributed by atoms with Crippen LogP contribution in [0.4, 0.5) is 0 Å². The second-order valence-electron chi connectivity index (χ2n) is 8.10. The Morgan fingerprint density at radius 2 is 2.00 bits per heavy atom. The van der Waals surface area contributed by atoms with Gasteiger partial charge in [-0.25, -0.2) is 4.99 Å². The Morgan fingerprint density at radius 1 is 1.23 bits per heavy atom. The summed E-state index contributed by atoms with van der Waals surface area (Å²) >= 11 is 0. The molecular weight excluding hydrogens is 384 g/mol. The Kier molecular flexibility index (Phi) is 5.42. The molecule has 8 nitrogen and oxygen atoms in total. The molecule has 0 amide bonds. The molecule has 0 bridgehead atoms. The first-order valence-corrected chi connectivity index (χ1v) is 10.1. The summed E-state index contributed by atoms with van der Waals surface area (Å²) in [6, 6.07) is 8.97. The van der Waals surface area contributed by atoms with Gasteiger partial charge in [0.2, 0.25) is 0 Å². The van der Waals surface area contributed by atoms with Crippen molar-refractivity contribution in [3.8, 4) is 11.1 Å². The zero-order valence-electron chi connectivity index (χ0n) is 17.0. The Bertz CT molecular complexity index is 941. The highest BCUT2D eigenvalue weighted by Crippen LogP contribution is 2.61. The van der Waals surface area contributed by atoms with Crippen molar-refractivity contribution in [3.05, 3.63) is 47.8 Å². The highest BCUT2D eigenvalue weighted by Gasteiger charge is 2.61. The van der Waals surface area contributed by atoms with Gasteiger partial charge in [0.1, 0.15) is 12.1 Å². The quantitative estimate of drug-likeness (QED) is 0.730. The molecule has 30 heavy (non-hydrogen) atoms. The number of ether oxygens (including phenoxy) is 2. The van der Waals surface area contributed by atoms with E-state index in [0.29, 0.717) is 18.7 Å². The van der Waals surface area contributed by atoms with E-state index in [-0.39, 0.29) is 17.4 Å². The van der Waals surface area contributed by atoms with Crippen molar-refractivity contribution in [3.63, 3.8) is 0 Å². The molecule has 1 aliphatic heterocycles. The van der Waals surface area contributed by atoms with Gasteiger partial charge < -0.3 is 20.3 Å². The van der Waals surface area contributed by atoms with Crippen molar-refractivity contribution in [2.75, 3.05) is 13.7 Å². The monoisotopic (exact) mass is 410 g/mol. The van der Waals surface area contributed by atoms with E-state index in [2.05, 4.69) is 28.4 Å². The van der Waals surface area contributed by atoms with Crippen LogP contribution in [0.2, 0.25) is 0 Å². The van der Waals surface area contributed by atoms with Crippen molar-refractivity contribution >= 4 is 12.5 Å². The standard InChI is InChI=1S/C21H24N4O2.CH2O2/c1-26-17-4-7-20(8-5-17)11-15-3-2-14(16-6-9-23-24-12-16)10-18(15)21(20)13-27-19(22)25-21;2-1-3/h2-3,6,9-10,12,17H,4-5,7-8,11,13H2,1H3,(H2,22,25);1H,(H,2,3)/t17-,20-,21?;. The average Bonchev–Trinajstić information content (AvgIpc) is 3.29. The summed E-state index contributed by atoms with van der Waals surface area (Å²) in [5.74, 6) is 0. The third-order valence-electron chi connectivity index (χ3n) is 6.83. The molecule has 2 spiro atoms. The van der Waals surface area contributed by atoms with Crippen LogP contribution >= 0.6 is 0 Å². The second-order valence-corrected chi connectivity index (χ2v) is 8.10. The topological polar surface area (TPSA) is 120 Å². The normalized spacial score (nSPS) is 29.0. The lowest BCUT2D eigenvalue weighted by Crippen LogP contribution is -2.46. The summed E-state index contributed by atoms with van der Waals surface area (Å²) < 4.78 is 11.4. The first kappa shape index (κ1) is 20.3. The second kappa shape index (κ2) is 8.02. The molecule has 1 saturated carbocycles. The number of hydrogen-bond donors (Lipinski definition) is 2. The van der Waals surface area contributed by atoms with Crippen LogP contribution in [0.15, 0.2) is 41.7 Å². The first-order chi connectivity index (χ1) is 14.6. The van der Waals surface area contributed by atoms with Gasteiger partial charge in [0.15, 0.2) is 0 Å². The van der Waals surface area contributed by atoms with Crippen LogP contribution in [0.25, 0.3) is 11.1 Å². The number of carboxylic acid groups (broad SMARTS) is 1. The number of aromatic nitrogens is 2. The highest BCUT2D eigenvalue weighted by molar-refractivity contribution is 5.76. The summed E-state index contributed by atoms with van der Waals surface area (Å²) in [6.07, 6.45) is 9.16. The fourth-order valence-electron chi connectivity index (χ4n) is 5.36.